The highest BCUT2D eigenvalue weighted by Gasteiger charge is 2.32. The lowest BCUT2D eigenvalue weighted by atomic mass is 10.1. The zero-order valence-electron chi connectivity index (χ0n) is 15.0. The maximum atomic E-state index is 13.0. The minimum atomic E-state index is -0.109. The van der Waals surface area contributed by atoms with E-state index in [1.807, 2.05) is 4.90 Å². The molecule has 0 aromatic heterocycles. The molecule has 2 aliphatic rings. The van der Waals surface area contributed by atoms with Gasteiger partial charge in [0, 0.05) is 32.1 Å². The van der Waals surface area contributed by atoms with Gasteiger partial charge < -0.3 is 19.3 Å². The maximum Gasteiger partial charge on any atom is 0.261 e. The van der Waals surface area contributed by atoms with Gasteiger partial charge in [-0.15, -0.1) is 0 Å². The molecule has 3 rings (SSSR count). The average molecular weight is 346 g/mol. The number of methoxy groups -OCH3 is 2. The molecule has 1 aromatic carbocycles. The number of rotatable bonds is 4. The zero-order valence-corrected chi connectivity index (χ0v) is 15.0. The van der Waals surface area contributed by atoms with Crippen molar-refractivity contribution in [2.45, 2.75) is 25.7 Å². The molecule has 25 heavy (non-hydrogen) atoms. The van der Waals surface area contributed by atoms with Crippen LogP contribution in [-0.2, 0) is 4.79 Å². The van der Waals surface area contributed by atoms with Crippen molar-refractivity contribution < 1.29 is 19.1 Å². The number of carbonyl (C=O) groups is 2. The van der Waals surface area contributed by atoms with E-state index in [2.05, 4.69) is 0 Å². The number of piperazine rings is 1. The van der Waals surface area contributed by atoms with Crippen molar-refractivity contribution >= 4 is 11.8 Å². The van der Waals surface area contributed by atoms with Gasteiger partial charge in [0.1, 0.15) is 17.1 Å². The van der Waals surface area contributed by atoms with Gasteiger partial charge in [-0.1, -0.05) is 18.9 Å². The minimum Gasteiger partial charge on any atom is -0.496 e. The molecule has 0 unspecified atom stereocenters. The molecule has 1 saturated carbocycles. The second-order valence-corrected chi connectivity index (χ2v) is 6.64. The predicted octanol–water partition coefficient (Wildman–Crippen LogP) is 2.18. The average Bonchev–Trinajstić information content (AvgIpc) is 3.21. The molecule has 6 nitrogen and oxygen atoms in total. The van der Waals surface area contributed by atoms with E-state index in [9.17, 15) is 9.59 Å². The monoisotopic (exact) mass is 346 g/mol. The summed E-state index contributed by atoms with van der Waals surface area (Å²) in [7, 11) is 3.09. The van der Waals surface area contributed by atoms with Crippen LogP contribution in [0.1, 0.15) is 36.0 Å². The lowest BCUT2D eigenvalue weighted by molar-refractivity contribution is -0.136. The first-order valence-corrected chi connectivity index (χ1v) is 8.94. The number of carbonyl (C=O) groups excluding carboxylic acids is 2. The number of benzene rings is 1. The molecule has 1 aromatic rings. The Morgan fingerprint density at radius 3 is 1.96 bits per heavy atom. The van der Waals surface area contributed by atoms with Crippen LogP contribution in [0.15, 0.2) is 18.2 Å². The van der Waals surface area contributed by atoms with E-state index >= 15 is 0 Å². The third-order valence-corrected chi connectivity index (χ3v) is 5.22. The van der Waals surface area contributed by atoms with Crippen molar-refractivity contribution in [3.05, 3.63) is 23.8 Å². The highest BCUT2D eigenvalue weighted by atomic mass is 16.5. The summed E-state index contributed by atoms with van der Waals surface area (Å²) in [6.45, 7) is 2.27. The van der Waals surface area contributed by atoms with Gasteiger partial charge in [-0.3, -0.25) is 9.59 Å². The zero-order chi connectivity index (χ0) is 17.8. The van der Waals surface area contributed by atoms with E-state index in [0.717, 1.165) is 25.7 Å². The van der Waals surface area contributed by atoms with E-state index in [1.165, 1.54) is 0 Å². The molecule has 2 fully saturated rings. The molecular formula is C19H26N2O4. The summed E-state index contributed by atoms with van der Waals surface area (Å²) < 4.78 is 10.7. The summed E-state index contributed by atoms with van der Waals surface area (Å²) in [5.74, 6) is 1.36. The molecule has 0 spiro atoms. The van der Waals surface area contributed by atoms with Crippen molar-refractivity contribution in [3.63, 3.8) is 0 Å². The van der Waals surface area contributed by atoms with Crippen LogP contribution < -0.4 is 9.47 Å². The number of hydrogen-bond acceptors (Lipinski definition) is 4. The van der Waals surface area contributed by atoms with Crippen molar-refractivity contribution in [2.75, 3.05) is 40.4 Å². The largest absolute Gasteiger partial charge is 0.496 e. The summed E-state index contributed by atoms with van der Waals surface area (Å²) in [6.07, 6.45) is 4.33. The molecule has 0 N–H and O–H groups in total. The minimum absolute atomic E-state index is 0.109. The molecule has 2 amide bonds. The second kappa shape index (κ2) is 7.76. The van der Waals surface area contributed by atoms with Crippen LogP contribution in [0.5, 0.6) is 11.5 Å². The molecule has 1 aliphatic heterocycles. The second-order valence-electron chi connectivity index (χ2n) is 6.64. The van der Waals surface area contributed by atoms with Gasteiger partial charge in [0.2, 0.25) is 5.91 Å². The van der Waals surface area contributed by atoms with E-state index in [-0.39, 0.29) is 17.7 Å². The van der Waals surface area contributed by atoms with Gasteiger partial charge in [0.15, 0.2) is 0 Å². The summed E-state index contributed by atoms with van der Waals surface area (Å²) in [5, 5.41) is 0. The lowest BCUT2D eigenvalue weighted by Crippen LogP contribution is -2.51. The highest BCUT2D eigenvalue weighted by molar-refractivity contribution is 6.00. The number of hydrogen-bond donors (Lipinski definition) is 0. The molecule has 6 heteroatoms. The quantitative estimate of drug-likeness (QED) is 0.838. The highest BCUT2D eigenvalue weighted by Crippen LogP contribution is 2.30. The van der Waals surface area contributed by atoms with E-state index in [1.54, 1.807) is 37.3 Å². The van der Waals surface area contributed by atoms with Gasteiger partial charge in [0.05, 0.1) is 14.2 Å². The third-order valence-electron chi connectivity index (χ3n) is 5.22. The van der Waals surface area contributed by atoms with E-state index < -0.39 is 0 Å². The Kier molecular flexibility index (Phi) is 5.46. The Morgan fingerprint density at radius 2 is 1.44 bits per heavy atom. The fourth-order valence-electron chi connectivity index (χ4n) is 3.78. The van der Waals surface area contributed by atoms with Crippen LogP contribution in [0.3, 0.4) is 0 Å². The van der Waals surface area contributed by atoms with Gasteiger partial charge in [0.25, 0.3) is 5.91 Å². The van der Waals surface area contributed by atoms with Crippen molar-refractivity contribution in [2.24, 2.45) is 5.92 Å². The fourth-order valence-corrected chi connectivity index (χ4v) is 3.78. The topological polar surface area (TPSA) is 59.1 Å². The van der Waals surface area contributed by atoms with Gasteiger partial charge in [-0.25, -0.2) is 0 Å². The lowest BCUT2D eigenvalue weighted by Gasteiger charge is -2.36. The molecule has 1 saturated heterocycles. The maximum absolute atomic E-state index is 13.0. The van der Waals surface area contributed by atoms with Crippen LogP contribution >= 0.6 is 0 Å². The Morgan fingerprint density at radius 1 is 0.920 bits per heavy atom. The molecule has 0 atom stereocenters. The summed E-state index contributed by atoms with van der Waals surface area (Å²) in [4.78, 5) is 29.2. The molecule has 1 heterocycles. The van der Waals surface area contributed by atoms with Crippen LogP contribution in [0.25, 0.3) is 0 Å². The first-order valence-electron chi connectivity index (χ1n) is 8.94. The Labute approximate surface area is 148 Å². The predicted molar refractivity (Wildman–Crippen MR) is 94.0 cm³/mol. The van der Waals surface area contributed by atoms with Crippen molar-refractivity contribution in [3.8, 4) is 11.5 Å². The van der Waals surface area contributed by atoms with Crippen LogP contribution in [0.4, 0.5) is 0 Å². The molecule has 1 aliphatic carbocycles. The Balaban J connectivity index is 1.67. The summed E-state index contributed by atoms with van der Waals surface area (Å²) >= 11 is 0. The number of amides is 2. The first kappa shape index (κ1) is 17.6. The Bertz CT molecular complexity index is 610. The van der Waals surface area contributed by atoms with Gasteiger partial charge in [-0.2, -0.15) is 0 Å². The smallest absolute Gasteiger partial charge is 0.261 e. The van der Waals surface area contributed by atoms with Crippen molar-refractivity contribution in [1.29, 1.82) is 0 Å². The first-order chi connectivity index (χ1) is 12.2. The molecule has 0 bridgehead atoms. The van der Waals surface area contributed by atoms with Gasteiger partial charge >= 0.3 is 0 Å². The van der Waals surface area contributed by atoms with Crippen molar-refractivity contribution in [1.82, 2.24) is 9.80 Å². The summed E-state index contributed by atoms with van der Waals surface area (Å²) in [6, 6.07) is 5.32. The fraction of sp³-hybridized carbons (Fsp3) is 0.579. The Hall–Kier alpha value is -2.24. The third kappa shape index (κ3) is 3.57. The number of nitrogens with zero attached hydrogens (tertiary/aromatic N) is 2. The standard InChI is InChI=1S/C19H26N2O4/c1-24-15-8-5-9-16(25-2)17(15)19(23)21-12-10-20(11-13-21)18(22)14-6-3-4-7-14/h5,8-9,14H,3-4,6-7,10-13H2,1-2H3. The molecular weight excluding hydrogens is 320 g/mol. The van der Waals surface area contributed by atoms with Crippen LogP contribution in [0.2, 0.25) is 0 Å². The van der Waals surface area contributed by atoms with Crippen LogP contribution in [0, 0.1) is 5.92 Å². The molecule has 136 valence electrons. The normalized spacial score (nSPS) is 18.3. The number of ether oxygens (including phenoxy) is 2. The summed E-state index contributed by atoms with van der Waals surface area (Å²) in [5.41, 5.74) is 0.447. The molecule has 0 radical (unpaired) electrons. The van der Waals surface area contributed by atoms with Crippen LogP contribution in [-0.4, -0.2) is 62.0 Å². The van der Waals surface area contributed by atoms with E-state index in [0.29, 0.717) is 43.2 Å². The van der Waals surface area contributed by atoms with E-state index in [4.69, 9.17) is 9.47 Å². The van der Waals surface area contributed by atoms with Gasteiger partial charge in [-0.05, 0) is 25.0 Å². The SMILES string of the molecule is COc1cccc(OC)c1C(=O)N1CCN(C(=O)C2CCCC2)CC1.